The number of halogens is 1. The number of nitrogens with zero attached hydrogens (tertiary/aromatic N) is 1. The zero-order valence-electron chi connectivity index (χ0n) is 8.33. The first kappa shape index (κ1) is 9.78. The Morgan fingerprint density at radius 2 is 2.43 bits per heavy atom. The Bertz CT molecular complexity index is 314. The minimum absolute atomic E-state index is 0.554. The van der Waals surface area contributed by atoms with Crippen molar-refractivity contribution in [3.05, 3.63) is 23.5 Å². The van der Waals surface area contributed by atoms with E-state index in [1.54, 1.807) is 6.20 Å². The van der Waals surface area contributed by atoms with Crippen LogP contribution in [0.5, 0.6) is 0 Å². The molecule has 2 rings (SSSR count). The summed E-state index contributed by atoms with van der Waals surface area (Å²) in [6.45, 7) is 3.33. The highest BCUT2D eigenvalue weighted by molar-refractivity contribution is 6.29. The van der Waals surface area contributed by atoms with Gasteiger partial charge >= 0.3 is 0 Å². The molecule has 3 heteroatoms. The van der Waals surface area contributed by atoms with E-state index in [1.807, 2.05) is 12.1 Å². The molecule has 1 aliphatic rings. The minimum Gasteiger partial charge on any atom is -0.385 e. The van der Waals surface area contributed by atoms with Gasteiger partial charge in [0, 0.05) is 18.4 Å². The maximum Gasteiger partial charge on any atom is 0.131 e. The summed E-state index contributed by atoms with van der Waals surface area (Å²) in [6, 6.07) is 3.82. The molecule has 0 saturated heterocycles. The van der Waals surface area contributed by atoms with Gasteiger partial charge in [-0.3, -0.25) is 0 Å². The topological polar surface area (TPSA) is 24.9 Å². The summed E-state index contributed by atoms with van der Waals surface area (Å²) in [4.78, 5) is 3.94. The Hall–Kier alpha value is -0.760. The summed E-state index contributed by atoms with van der Waals surface area (Å²) in [6.07, 6.45) is 4.42. The van der Waals surface area contributed by atoms with Crippen LogP contribution in [-0.4, -0.2) is 11.5 Å². The highest BCUT2D eigenvalue weighted by Gasteiger charge is 2.34. The molecule has 0 radical (unpaired) electrons. The van der Waals surface area contributed by atoms with Gasteiger partial charge in [0.1, 0.15) is 5.15 Å². The van der Waals surface area contributed by atoms with Gasteiger partial charge in [-0.15, -0.1) is 0 Å². The van der Waals surface area contributed by atoms with Crippen molar-refractivity contribution in [1.82, 2.24) is 4.98 Å². The predicted octanol–water partition coefficient (Wildman–Crippen LogP) is 3.19. The maximum atomic E-state index is 5.78. The van der Waals surface area contributed by atoms with Gasteiger partial charge in [-0.25, -0.2) is 4.98 Å². The fourth-order valence-corrected chi connectivity index (χ4v) is 2.00. The predicted molar refractivity (Wildman–Crippen MR) is 59.6 cm³/mol. The van der Waals surface area contributed by atoms with Crippen LogP contribution in [0.1, 0.15) is 19.8 Å². The molecule has 2 atom stereocenters. The summed E-state index contributed by atoms with van der Waals surface area (Å²) in [7, 11) is 0. The number of nitrogens with one attached hydrogen (secondary N) is 1. The Morgan fingerprint density at radius 1 is 1.57 bits per heavy atom. The maximum absolute atomic E-state index is 5.78. The summed E-state index contributed by atoms with van der Waals surface area (Å²) in [5.74, 6) is 1.81. The largest absolute Gasteiger partial charge is 0.385 e. The van der Waals surface area contributed by atoms with E-state index in [9.17, 15) is 0 Å². The van der Waals surface area contributed by atoms with Crippen molar-refractivity contribution in [1.29, 1.82) is 0 Å². The van der Waals surface area contributed by atoms with Crippen LogP contribution in [-0.2, 0) is 0 Å². The number of pyridine rings is 1. The highest BCUT2D eigenvalue weighted by Crippen LogP contribution is 2.40. The van der Waals surface area contributed by atoms with E-state index in [2.05, 4.69) is 17.2 Å². The van der Waals surface area contributed by atoms with Crippen molar-refractivity contribution < 1.29 is 0 Å². The van der Waals surface area contributed by atoms with E-state index >= 15 is 0 Å². The van der Waals surface area contributed by atoms with Crippen LogP contribution in [0.25, 0.3) is 0 Å². The van der Waals surface area contributed by atoms with Crippen LogP contribution in [0, 0.1) is 11.8 Å². The Labute approximate surface area is 89.7 Å². The van der Waals surface area contributed by atoms with Gasteiger partial charge < -0.3 is 5.32 Å². The van der Waals surface area contributed by atoms with Crippen LogP contribution in [0.15, 0.2) is 18.3 Å². The molecule has 2 nitrogen and oxygen atoms in total. The number of aromatic nitrogens is 1. The molecule has 1 aromatic rings. The van der Waals surface area contributed by atoms with E-state index in [4.69, 9.17) is 11.6 Å². The molecule has 1 saturated carbocycles. The number of hydrogen-bond donors (Lipinski definition) is 1. The highest BCUT2D eigenvalue weighted by atomic mass is 35.5. The lowest BCUT2D eigenvalue weighted by atomic mass is 10.2. The average molecular weight is 211 g/mol. The van der Waals surface area contributed by atoms with Gasteiger partial charge in [0.05, 0.1) is 0 Å². The van der Waals surface area contributed by atoms with E-state index in [1.165, 1.54) is 12.8 Å². The Kier molecular flexibility index (Phi) is 2.92. The van der Waals surface area contributed by atoms with Crippen LogP contribution >= 0.6 is 11.6 Å². The molecule has 0 aromatic carbocycles. The third-order valence-corrected chi connectivity index (χ3v) is 3.10. The van der Waals surface area contributed by atoms with Crippen LogP contribution in [0.3, 0.4) is 0 Å². The zero-order chi connectivity index (χ0) is 9.97. The zero-order valence-corrected chi connectivity index (χ0v) is 9.09. The van der Waals surface area contributed by atoms with Gasteiger partial charge in [-0.2, -0.15) is 0 Å². The van der Waals surface area contributed by atoms with Crippen molar-refractivity contribution in [2.75, 3.05) is 11.9 Å². The first-order valence-corrected chi connectivity index (χ1v) is 5.53. The molecule has 0 unspecified atom stereocenters. The van der Waals surface area contributed by atoms with Crippen LogP contribution in [0.4, 0.5) is 5.69 Å². The van der Waals surface area contributed by atoms with Crippen molar-refractivity contribution in [2.45, 2.75) is 19.8 Å². The molecule has 0 aliphatic heterocycles. The van der Waals surface area contributed by atoms with E-state index < -0.39 is 0 Å². The fourth-order valence-electron chi connectivity index (χ4n) is 1.82. The normalized spacial score (nSPS) is 24.7. The SMILES string of the molecule is CC[C@@H]1C[C@H]1CNc1ccnc(Cl)c1. The van der Waals surface area contributed by atoms with Gasteiger partial charge in [-0.1, -0.05) is 24.9 Å². The molecular formula is C11H15ClN2. The van der Waals surface area contributed by atoms with E-state index in [0.717, 1.165) is 24.1 Å². The molecule has 0 amide bonds. The number of rotatable bonds is 4. The second kappa shape index (κ2) is 4.18. The van der Waals surface area contributed by atoms with E-state index in [0.29, 0.717) is 5.15 Å². The molecule has 0 spiro atoms. The van der Waals surface area contributed by atoms with Crippen LogP contribution in [0.2, 0.25) is 5.15 Å². The fraction of sp³-hybridized carbons (Fsp3) is 0.545. The van der Waals surface area contributed by atoms with Crippen molar-refractivity contribution in [2.24, 2.45) is 11.8 Å². The first-order chi connectivity index (χ1) is 6.79. The lowest BCUT2D eigenvalue weighted by Gasteiger charge is -2.05. The summed E-state index contributed by atoms with van der Waals surface area (Å²) >= 11 is 5.78. The third-order valence-electron chi connectivity index (χ3n) is 2.89. The molecule has 0 bridgehead atoms. The third kappa shape index (κ3) is 2.38. The van der Waals surface area contributed by atoms with Gasteiger partial charge in [0.25, 0.3) is 0 Å². The standard InChI is InChI=1S/C11H15ClN2/c1-2-8-5-9(8)7-14-10-3-4-13-11(12)6-10/h3-4,6,8-9H,2,5,7H2,1H3,(H,13,14)/t8-,9+/m1/s1. The summed E-state index contributed by atoms with van der Waals surface area (Å²) in [5.41, 5.74) is 1.08. The Morgan fingerprint density at radius 3 is 3.07 bits per heavy atom. The monoisotopic (exact) mass is 210 g/mol. The van der Waals surface area contributed by atoms with Crippen molar-refractivity contribution >= 4 is 17.3 Å². The lowest BCUT2D eigenvalue weighted by molar-refractivity contribution is 0.701. The second-order valence-corrected chi connectivity index (χ2v) is 4.30. The molecule has 1 aliphatic carbocycles. The minimum atomic E-state index is 0.554. The Balaban J connectivity index is 1.81. The number of anilines is 1. The average Bonchev–Trinajstić information content (AvgIpc) is 2.93. The van der Waals surface area contributed by atoms with Gasteiger partial charge in [-0.05, 0) is 30.4 Å². The molecule has 76 valence electrons. The summed E-state index contributed by atoms with van der Waals surface area (Å²) < 4.78 is 0. The second-order valence-electron chi connectivity index (χ2n) is 3.91. The van der Waals surface area contributed by atoms with E-state index in [-0.39, 0.29) is 0 Å². The molecule has 1 heterocycles. The lowest BCUT2D eigenvalue weighted by Crippen LogP contribution is -2.04. The molecular weight excluding hydrogens is 196 g/mol. The van der Waals surface area contributed by atoms with Gasteiger partial charge in [0.2, 0.25) is 0 Å². The molecule has 1 N–H and O–H groups in total. The van der Waals surface area contributed by atoms with Gasteiger partial charge in [0.15, 0.2) is 0 Å². The first-order valence-electron chi connectivity index (χ1n) is 5.15. The van der Waals surface area contributed by atoms with Crippen molar-refractivity contribution in [3.8, 4) is 0 Å². The van der Waals surface area contributed by atoms with Crippen molar-refractivity contribution in [3.63, 3.8) is 0 Å². The number of hydrogen-bond acceptors (Lipinski definition) is 2. The van der Waals surface area contributed by atoms with Crippen LogP contribution < -0.4 is 5.32 Å². The molecule has 1 fully saturated rings. The smallest absolute Gasteiger partial charge is 0.131 e. The summed E-state index contributed by atoms with van der Waals surface area (Å²) in [5, 5.41) is 3.94. The molecule has 1 aromatic heterocycles. The quantitative estimate of drug-likeness (QED) is 0.773. The molecule has 14 heavy (non-hydrogen) atoms.